The number of likely N-dealkylation sites (N-methyl/N-ethyl adjacent to an activating group) is 2. The molecule has 10 nitrogen and oxygen atoms in total. The SMILES string of the molecule is CN(C)C/C=C/C(=O)N1CC[C@H](n2cnc3c(N4CC(N(C)C)C4)nc4c(F)c(-c5cncc6ccccc56)c(Cl)cc4c32)C[C@H]1CC#N. The number of hydrogen-bond acceptors (Lipinski definition) is 8. The highest BCUT2D eigenvalue weighted by molar-refractivity contribution is 6.35. The van der Waals surface area contributed by atoms with E-state index < -0.39 is 5.82 Å². The smallest absolute Gasteiger partial charge is 0.246 e. The van der Waals surface area contributed by atoms with Crippen LogP contribution in [0.4, 0.5) is 10.2 Å². The number of rotatable bonds is 8. The highest BCUT2D eigenvalue weighted by Gasteiger charge is 2.36. The van der Waals surface area contributed by atoms with Crippen molar-refractivity contribution >= 4 is 56.0 Å². The van der Waals surface area contributed by atoms with E-state index in [-0.39, 0.29) is 40.5 Å². The molecule has 2 aromatic carbocycles. The summed E-state index contributed by atoms with van der Waals surface area (Å²) in [6, 6.07) is 11.8. The second-order valence-electron chi connectivity index (χ2n) is 13.5. The van der Waals surface area contributed by atoms with Crippen LogP contribution in [0.5, 0.6) is 0 Å². The van der Waals surface area contributed by atoms with Gasteiger partial charge in [0, 0.05) is 84.7 Å². The monoisotopic (exact) mass is 679 g/mol. The zero-order valence-corrected chi connectivity index (χ0v) is 28.9. The summed E-state index contributed by atoms with van der Waals surface area (Å²) in [7, 11) is 8.00. The largest absolute Gasteiger partial charge is 0.351 e. The van der Waals surface area contributed by atoms with Crippen molar-refractivity contribution in [2.75, 3.05) is 59.3 Å². The summed E-state index contributed by atoms with van der Waals surface area (Å²) in [4.78, 5) is 35.6. The number of benzene rings is 2. The molecular weight excluding hydrogens is 641 g/mol. The second kappa shape index (κ2) is 13.3. The van der Waals surface area contributed by atoms with E-state index in [0.29, 0.717) is 54.3 Å². The third-order valence-corrected chi connectivity index (χ3v) is 10.2. The number of anilines is 1. The van der Waals surface area contributed by atoms with Gasteiger partial charge in [0.05, 0.1) is 29.4 Å². The molecule has 0 spiro atoms. The fourth-order valence-electron chi connectivity index (χ4n) is 7.20. The highest BCUT2D eigenvalue weighted by Crippen LogP contribution is 2.43. The van der Waals surface area contributed by atoms with Crippen LogP contribution in [0.15, 0.2) is 61.2 Å². The molecule has 2 fully saturated rings. The molecule has 49 heavy (non-hydrogen) atoms. The Morgan fingerprint density at radius 1 is 1.14 bits per heavy atom. The van der Waals surface area contributed by atoms with Crippen LogP contribution in [0, 0.1) is 17.1 Å². The Balaban J connectivity index is 1.35. The minimum absolute atomic E-state index is 0.0775. The van der Waals surface area contributed by atoms with E-state index in [1.807, 2.05) is 49.3 Å². The fourth-order valence-corrected chi connectivity index (χ4v) is 7.49. The number of likely N-dealkylation sites (tertiary alicyclic amines) is 1. The van der Waals surface area contributed by atoms with Crippen molar-refractivity contribution in [1.82, 2.24) is 34.2 Å². The summed E-state index contributed by atoms with van der Waals surface area (Å²) in [6.45, 7) is 2.63. The van der Waals surface area contributed by atoms with Gasteiger partial charge in [-0.1, -0.05) is 41.9 Å². The number of carbonyl (C=O) groups excluding carboxylic acids is 1. The van der Waals surface area contributed by atoms with Crippen LogP contribution in [0.25, 0.3) is 43.8 Å². The van der Waals surface area contributed by atoms with Gasteiger partial charge in [-0.05, 0) is 52.5 Å². The van der Waals surface area contributed by atoms with Crippen LogP contribution >= 0.6 is 11.6 Å². The van der Waals surface area contributed by atoms with E-state index in [9.17, 15) is 10.1 Å². The fraction of sp³-hybridized carbons (Fsp3) is 0.378. The van der Waals surface area contributed by atoms with Gasteiger partial charge in [-0.2, -0.15) is 5.26 Å². The Morgan fingerprint density at radius 3 is 2.69 bits per heavy atom. The van der Waals surface area contributed by atoms with E-state index in [2.05, 4.69) is 39.5 Å². The number of aromatic nitrogens is 4. The molecule has 0 radical (unpaired) electrons. The first kappa shape index (κ1) is 32.9. The molecule has 7 rings (SSSR count). The molecule has 5 heterocycles. The molecule has 2 saturated heterocycles. The van der Waals surface area contributed by atoms with E-state index in [1.165, 1.54) is 0 Å². The van der Waals surface area contributed by atoms with Crippen LogP contribution in [0.2, 0.25) is 5.02 Å². The van der Waals surface area contributed by atoms with Crippen molar-refractivity contribution in [3.05, 3.63) is 72.0 Å². The van der Waals surface area contributed by atoms with Gasteiger partial charge in [0.1, 0.15) is 11.0 Å². The number of piperidine rings is 1. The maximum atomic E-state index is 17.1. The van der Waals surface area contributed by atoms with Gasteiger partial charge >= 0.3 is 0 Å². The molecule has 0 N–H and O–H groups in total. The Morgan fingerprint density at radius 2 is 1.94 bits per heavy atom. The summed E-state index contributed by atoms with van der Waals surface area (Å²) >= 11 is 6.99. The Hall–Kier alpha value is -4.63. The molecule has 0 bridgehead atoms. The molecule has 2 aliphatic heterocycles. The summed E-state index contributed by atoms with van der Waals surface area (Å²) in [6.07, 6.45) is 10.1. The van der Waals surface area contributed by atoms with Gasteiger partial charge in [-0.3, -0.25) is 9.78 Å². The van der Waals surface area contributed by atoms with Crippen LogP contribution < -0.4 is 4.90 Å². The molecule has 252 valence electrons. The van der Waals surface area contributed by atoms with Crippen molar-refractivity contribution in [3.8, 4) is 17.2 Å². The number of carbonyl (C=O) groups is 1. The molecule has 0 unspecified atom stereocenters. The average Bonchev–Trinajstić information content (AvgIpc) is 3.50. The number of fused-ring (bicyclic) bond motifs is 4. The third-order valence-electron chi connectivity index (χ3n) is 9.92. The number of pyridine rings is 2. The summed E-state index contributed by atoms with van der Waals surface area (Å²) < 4.78 is 19.1. The molecule has 2 aliphatic rings. The van der Waals surface area contributed by atoms with Gasteiger partial charge in [0.25, 0.3) is 0 Å². The standard InChI is InChI=1S/C37H39ClFN9O/c1-44(2)14-7-10-31(49)47-15-12-25(16-24(47)11-13-40)48-22-42-35-36(48)28-17-30(38)32(29-19-41-18-23-8-5-6-9-27(23)29)33(39)34(28)43-37(35)46-20-26(21-46)45(3)4/h5-10,17-19,22,24-26H,11-12,14-16,20-21H2,1-4H3/b10-7+/t24-,25+/m1/s1. The van der Waals surface area contributed by atoms with Crippen LogP contribution in [-0.4, -0.2) is 107 Å². The van der Waals surface area contributed by atoms with Crippen molar-refractivity contribution in [1.29, 1.82) is 5.26 Å². The highest BCUT2D eigenvalue weighted by atomic mass is 35.5. The third kappa shape index (κ3) is 5.98. The molecule has 0 aliphatic carbocycles. The number of nitriles is 1. The quantitative estimate of drug-likeness (QED) is 0.187. The first-order valence-electron chi connectivity index (χ1n) is 16.6. The number of imidazole rings is 1. The summed E-state index contributed by atoms with van der Waals surface area (Å²) in [5, 5.41) is 12.3. The normalized spacial score (nSPS) is 18.8. The Labute approximate surface area is 290 Å². The molecule has 1 amide bonds. The zero-order valence-electron chi connectivity index (χ0n) is 28.1. The minimum atomic E-state index is -0.506. The molecule has 12 heteroatoms. The Bertz CT molecular complexity index is 2130. The molecule has 3 aromatic heterocycles. The molecule has 5 aromatic rings. The lowest BCUT2D eigenvalue weighted by Gasteiger charge is -2.43. The zero-order chi connectivity index (χ0) is 34.4. The van der Waals surface area contributed by atoms with Gasteiger partial charge in [-0.15, -0.1) is 0 Å². The maximum Gasteiger partial charge on any atom is 0.246 e. The van der Waals surface area contributed by atoms with E-state index in [1.54, 1.807) is 35.8 Å². The van der Waals surface area contributed by atoms with E-state index in [4.69, 9.17) is 21.6 Å². The molecule has 0 saturated carbocycles. The second-order valence-corrected chi connectivity index (χ2v) is 14.0. The van der Waals surface area contributed by atoms with Crippen LogP contribution in [0.3, 0.4) is 0 Å². The maximum absolute atomic E-state index is 17.1. The topological polar surface area (TPSA) is 97.4 Å². The van der Waals surface area contributed by atoms with E-state index >= 15 is 4.39 Å². The number of amides is 1. The van der Waals surface area contributed by atoms with Crippen molar-refractivity contribution < 1.29 is 9.18 Å². The first-order valence-corrected chi connectivity index (χ1v) is 17.0. The lowest BCUT2D eigenvalue weighted by atomic mass is 9.94. The van der Waals surface area contributed by atoms with Crippen molar-refractivity contribution in [2.24, 2.45) is 0 Å². The van der Waals surface area contributed by atoms with Crippen LogP contribution in [0.1, 0.15) is 25.3 Å². The first-order chi connectivity index (χ1) is 23.7. The van der Waals surface area contributed by atoms with Crippen molar-refractivity contribution in [2.45, 2.75) is 37.4 Å². The van der Waals surface area contributed by atoms with Gasteiger partial charge < -0.3 is 24.2 Å². The predicted molar refractivity (Wildman–Crippen MR) is 192 cm³/mol. The number of halogens is 2. The van der Waals surface area contributed by atoms with Gasteiger partial charge in [0.15, 0.2) is 11.6 Å². The predicted octanol–water partition coefficient (Wildman–Crippen LogP) is 5.91. The minimum Gasteiger partial charge on any atom is -0.351 e. The van der Waals surface area contributed by atoms with Gasteiger partial charge in [-0.25, -0.2) is 14.4 Å². The molecule has 2 atom stereocenters. The van der Waals surface area contributed by atoms with Crippen molar-refractivity contribution in [3.63, 3.8) is 0 Å². The summed E-state index contributed by atoms with van der Waals surface area (Å²) in [5.41, 5.74) is 2.52. The molecular formula is C37H39ClFN9O. The lowest BCUT2D eigenvalue weighted by molar-refractivity contribution is -0.130. The lowest BCUT2D eigenvalue weighted by Crippen LogP contribution is -2.57. The number of hydrogen-bond donors (Lipinski definition) is 0. The number of nitrogens with zero attached hydrogens (tertiary/aromatic N) is 9. The average molecular weight is 680 g/mol. The summed E-state index contributed by atoms with van der Waals surface area (Å²) in [5.74, 6) is 0.0359. The van der Waals surface area contributed by atoms with E-state index in [0.717, 1.165) is 29.4 Å². The van der Waals surface area contributed by atoms with Crippen LogP contribution in [-0.2, 0) is 4.79 Å². The Kier molecular flexibility index (Phi) is 8.96. The van der Waals surface area contributed by atoms with Gasteiger partial charge in [0.2, 0.25) is 5.91 Å².